The lowest BCUT2D eigenvalue weighted by atomic mass is 10.2. The van der Waals surface area contributed by atoms with Crippen molar-refractivity contribution in [2.24, 2.45) is 0 Å². The van der Waals surface area contributed by atoms with Gasteiger partial charge in [0.1, 0.15) is 0 Å². The first-order chi connectivity index (χ1) is 8.14. The van der Waals surface area contributed by atoms with Crippen molar-refractivity contribution in [1.29, 1.82) is 0 Å². The summed E-state index contributed by atoms with van der Waals surface area (Å²) in [5, 5.41) is 0. The monoisotopic (exact) mass is 305 g/mol. The van der Waals surface area contributed by atoms with Crippen molar-refractivity contribution in [1.82, 2.24) is 4.90 Å². The topological polar surface area (TPSA) is 54.5 Å². The van der Waals surface area contributed by atoms with Crippen LogP contribution in [0.5, 0.6) is 0 Å². The van der Waals surface area contributed by atoms with Gasteiger partial charge < -0.3 is 4.90 Å². The van der Waals surface area contributed by atoms with E-state index < -0.39 is 44.8 Å². The Morgan fingerprint density at radius 1 is 1.44 bits per heavy atom. The quantitative estimate of drug-likeness (QED) is 0.785. The largest absolute Gasteiger partial charge is 0.442 e. The fraction of sp³-hybridized carbons (Fsp3) is 0.889. The zero-order valence-corrected chi connectivity index (χ0v) is 11.4. The van der Waals surface area contributed by atoms with Gasteiger partial charge in [0.15, 0.2) is 9.84 Å². The van der Waals surface area contributed by atoms with Crippen LogP contribution in [-0.2, 0) is 14.6 Å². The summed E-state index contributed by atoms with van der Waals surface area (Å²) in [6.45, 7) is 1.85. The maximum Gasteiger partial charge on any atom is 0.442 e. The number of hydrogen-bond donors (Lipinski definition) is 0. The van der Waals surface area contributed by atoms with E-state index in [0.29, 0.717) is 6.42 Å². The van der Waals surface area contributed by atoms with E-state index in [-0.39, 0.29) is 18.1 Å². The van der Waals surface area contributed by atoms with E-state index in [1.807, 2.05) is 0 Å². The number of halogens is 3. The Kier molecular flexibility index (Phi) is 4.93. The third-order valence-corrected chi connectivity index (χ3v) is 5.14. The van der Waals surface area contributed by atoms with Gasteiger partial charge in [-0.1, -0.05) is 0 Å². The van der Waals surface area contributed by atoms with Gasteiger partial charge in [0.05, 0.1) is 17.3 Å². The predicted molar refractivity (Wildman–Crippen MR) is 63.0 cm³/mol. The highest BCUT2D eigenvalue weighted by Crippen LogP contribution is 2.30. The number of nitrogens with zero attached hydrogens (tertiary/aromatic N) is 1. The summed E-state index contributed by atoms with van der Waals surface area (Å²) < 4.78 is 58.5. The molecule has 1 atom stereocenters. The highest BCUT2D eigenvalue weighted by molar-refractivity contribution is 8.00. The SMILES string of the molecule is CCN(C(=O)CSC(F)(F)F)[C@@H]1CCS(=O)(=O)C1. The fourth-order valence-electron chi connectivity index (χ4n) is 1.89. The number of sulfone groups is 1. The molecular weight excluding hydrogens is 291 g/mol. The minimum Gasteiger partial charge on any atom is -0.338 e. The van der Waals surface area contributed by atoms with Crippen LogP contribution in [0.15, 0.2) is 0 Å². The predicted octanol–water partition coefficient (Wildman–Crippen LogP) is 1.28. The molecule has 0 aromatic heterocycles. The van der Waals surface area contributed by atoms with Crippen molar-refractivity contribution < 1.29 is 26.4 Å². The standard InChI is InChI=1S/C9H14F3NO3S2/c1-2-13(7-3-4-18(15,16)6-7)8(14)5-17-9(10,11)12/h7H,2-6H2,1H3/t7-/m1/s1. The van der Waals surface area contributed by atoms with Crippen molar-refractivity contribution >= 4 is 27.5 Å². The molecule has 0 aromatic rings. The van der Waals surface area contributed by atoms with Crippen LogP contribution < -0.4 is 0 Å². The number of thioether (sulfide) groups is 1. The lowest BCUT2D eigenvalue weighted by Crippen LogP contribution is -2.42. The molecule has 1 saturated heterocycles. The molecule has 1 amide bonds. The van der Waals surface area contributed by atoms with Gasteiger partial charge >= 0.3 is 5.51 Å². The summed E-state index contributed by atoms with van der Waals surface area (Å²) in [6.07, 6.45) is 0.304. The highest BCUT2D eigenvalue weighted by Gasteiger charge is 2.35. The van der Waals surface area contributed by atoms with Crippen LogP contribution in [0.25, 0.3) is 0 Å². The number of carbonyl (C=O) groups excluding carboxylic acids is 1. The second kappa shape index (κ2) is 5.68. The van der Waals surface area contributed by atoms with Crippen LogP contribution in [0.2, 0.25) is 0 Å². The first-order valence-corrected chi connectivity index (χ1v) is 8.16. The molecule has 0 aromatic carbocycles. The fourth-order valence-corrected chi connectivity index (χ4v) is 4.07. The van der Waals surface area contributed by atoms with E-state index in [1.165, 1.54) is 4.90 Å². The van der Waals surface area contributed by atoms with Crippen LogP contribution in [0.4, 0.5) is 13.2 Å². The second-order valence-electron chi connectivity index (χ2n) is 3.97. The number of hydrogen-bond acceptors (Lipinski definition) is 4. The first kappa shape index (κ1) is 15.6. The molecular formula is C9H14F3NO3S2. The summed E-state index contributed by atoms with van der Waals surface area (Å²) in [7, 11) is -3.15. The van der Waals surface area contributed by atoms with Crippen molar-refractivity contribution in [3.05, 3.63) is 0 Å². The Bertz CT molecular complexity index is 408. The molecule has 0 unspecified atom stereocenters. The lowest BCUT2D eigenvalue weighted by Gasteiger charge is -2.26. The molecule has 1 heterocycles. The van der Waals surface area contributed by atoms with Gasteiger partial charge in [-0.3, -0.25) is 4.79 Å². The molecule has 0 bridgehead atoms. The van der Waals surface area contributed by atoms with Gasteiger partial charge in [0.25, 0.3) is 0 Å². The van der Waals surface area contributed by atoms with Crippen LogP contribution in [0.1, 0.15) is 13.3 Å². The molecule has 1 aliphatic rings. The van der Waals surface area contributed by atoms with Gasteiger partial charge in [-0.05, 0) is 25.1 Å². The minimum atomic E-state index is -4.45. The highest BCUT2D eigenvalue weighted by atomic mass is 32.2. The zero-order chi connectivity index (χ0) is 14.0. The third-order valence-electron chi connectivity index (χ3n) is 2.67. The number of amides is 1. The van der Waals surface area contributed by atoms with E-state index in [4.69, 9.17) is 0 Å². The summed E-state index contributed by atoms with van der Waals surface area (Å²) in [4.78, 5) is 12.9. The van der Waals surface area contributed by atoms with E-state index >= 15 is 0 Å². The van der Waals surface area contributed by atoms with Gasteiger partial charge in [-0.2, -0.15) is 13.2 Å². The molecule has 106 valence electrons. The summed E-state index contributed by atoms with van der Waals surface area (Å²) in [6, 6.07) is -0.485. The van der Waals surface area contributed by atoms with Crippen molar-refractivity contribution in [3.8, 4) is 0 Å². The van der Waals surface area contributed by atoms with Gasteiger partial charge in [0, 0.05) is 12.6 Å². The van der Waals surface area contributed by atoms with Crippen molar-refractivity contribution in [2.45, 2.75) is 24.9 Å². The molecule has 4 nitrogen and oxygen atoms in total. The molecule has 0 saturated carbocycles. The number of rotatable bonds is 4. The summed E-state index contributed by atoms with van der Waals surface area (Å²) >= 11 is -0.397. The Balaban J connectivity index is 2.59. The summed E-state index contributed by atoms with van der Waals surface area (Å²) in [5.41, 5.74) is -4.45. The Morgan fingerprint density at radius 2 is 2.06 bits per heavy atom. The van der Waals surface area contributed by atoms with E-state index in [2.05, 4.69) is 0 Å². The molecule has 1 aliphatic heterocycles. The average molecular weight is 305 g/mol. The van der Waals surface area contributed by atoms with Crippen molar-refractivity contribution in [3.63, 3.8) is 0 Å². The van der Waals surface area contributed by atoms with Gasteiger partial charge in [-0.25, -0.2) is 8.42 Å². The molecule has 0 spiro atoms. The minimum absolute atomic E-state index is 0.00609. The average Bonchev–Trinajstić information content (AvgIpc) is 2.56. The van der Waals surface area contributed by atoms with Crippen molar-refractivity contribution in [2.75, 3.05) is 23.8 Å². The maximum atomic E-state index is 12.0. The Hall–Kier alpha value is -0.440. The molecule has 18 heavy (non-hydrogen) atoms. The Labute approximate surface area is 108 Å². The number of carbonyl (C=O) groups is 1. The van der Waals surface area contributed by atoms with E-state index in [0.717, 1.165) is 0 Å². The zero-order valence-electron chi connectivity index (χ0n) is 9.74. The molecule has 0 aliphatic carbocycles. The van der Waals surface area contributed by atoms with E-state index in [1.54, 1.807) is 6.92 Å². The maximum absolute atomic E-state index is 12.0. The lowest BCUT2D eigenvalue weighted by molar-refractivity contribution is -0.130. The van der Waals surface area contributed by atoms with Gasteiger partial charge in [0.2, 0.25) is 5.91 Å². The smallest absolute Gasteiger partial charge is 0.338 e. The molecule has 0 N–H and O–H groups in total. The second-order valence-corrected chi connectivity index (χ2v) is 7.24. The summed E-state index contributed by atoms with van der Waals surface area (Å²) in [5.74, 6) is -1.52. The third kappa shape index (κ3) is 4.68. The molecule has 1 rings (SSSR count). The molecule has 0 radical (unpaired) electrons. The van der Waals surface area contributed by atoms with Crippen LogP contribution in [0.3, 0.4) is 0 Å². The molecule has 1 fully saturated rings. The van der Waals surface area contributed by atoms with Crippen LogP contribution in [0, 0.1) is 0 Å². The normalized spacial score (nSPS) is 23.0. The number of alkyl halides is 3. The van der Waals surface area contributed by atoms with Crippen LogP contribution >= 0.6 is 11.8 Å². The van der Waals surface area contributed by atoms with Gasteiger partial charge in [-0.15, -0.1) is 0 Å². The van der Waals surface area contributed by atoms with Crippen LogP contribution in [-0.4, -0.2) is 54.6 Å². The molecule has 9 heteroatoms. The Morgan fingerprint density at radius 3 is 2.44 bits per heavy atom. The first-order valence-electron chi connectivity index (χ1n) is 5.35. The van der Waals surface area contributed by atoms with E-state index in [9.17, 15) is 26.4 Å².